The molecule has 0 aromatic heterocycles. The first kappa shape index (κ1) is 14.9. The molecule has 0 aliphatic rings. The molecule has 0 radical (unpaired) electrons. The van der Waals surface area contributed by atoms with Crippen LogP contribution in [-0.4, -0.2) is 6.54 Å². The summed E-state index contributed by atoms with van der Waals surface area (Å²) in [7, 11) is 0. The topological polar surface area (TPSA) is 12.0 Å². The summed E-state index contributed by atoms with van der Waals surface area (Å²) in [6, 6.07) is 3.85. The summed E-state index contributed by atoms with van der Waals surface area (Å²) in [5.74, 6) is -0.0804. The second-order valence-corrected chi connectivity index (χ2v) is 4.86. The van der Waals surface area contributed by atoms with Crippen LogP contribution in [0.2, 0.25) is 0 Å². The third-order valence-electron chi connectivity index (χ3n) is 3.09. The zero-order chi connectivity index (χ0) is 13.4. The van der Waals surface area contributed by atoms with Crippen molar-refractivity contribution in [3.63, 3.8) is 0 Å². The predicted octanol–water partition coefficient (Wildman–Crippen LogP) is 4.28. The predicted molar refractivity (Wildman–Crippen MR) is 76.2 cm³/mol. The first-order valence-electron chi connectivity index (χ1n) is 6.72. The highest BCUT2D eigenvalue weighted by atomic mass is 19.1. The van der Waals surface area contributed by atoms with E-state index < -0.39 is 0 Å². The second kappa shape index (κ2) is 8.04. The quantitative estimate of drug-likeness (QED) is 0.535. The highest BCUT2D eigenvalue weighted by Crippen LogP contribution is 2.14. The average Bonchev–Trinajstić information content (AvgIpc) is 2.34. The maximum Gasteiger partial charge on any atom is 0.129 e. The molecule has 0 unspecified atom stereocenters. The molecule has 18 heavy (non-hydrogen) atoms. The van der Waals surface area contributed by atoms with Crippen molar-refractivity contribution in [1.82, 2.24) is 5.32 Å². The molecule has 2 heteroatoms. The number of unbranched alkanes of at least 4 members (excludes halogenated alkanes) is 3. The Morgan fingerprint density at radius 3 is 2.44 bits per heavy atom. The summed E-state index contributed by atoms with van der Waals surface area (Å²) in [6.45, 7) is 9.20. The number of aryl methyl sites for hydroxylation is 2. The van der Waals surface area contributed by atoms with Gasteiger partial charge in [-0.2, -0.15) is 0 Å². The Morgan fingerprint density at radius 1 is 1.17 bits per heavy atom. The zero-order valence-corrected chi connectivity index (χ0v) is 11.6. The fourth-order valence-corrected chi connectivity index (χ4v) is 2.09. The van der Waals surface area contributed by atoms with Gasteiger partial charge in [0.05, 0.1) is 0 Å². The Hall–Kier alpha value is -1.15. The zero-order valence-electron chi connectivity index (χ0n) is 11.6. The van der Waals surface area contributed by atoms with Crippen LogP contribution in [0, 0.1) is 19.7 Å². The van der Waals surface area contributed by atoms with Gasteiger partial charge in [0.2, 0.25) is 0 Å². The smallest absolute Gasteiger partial charge is 0.129 e. The minimum absolute atomic E-state index is 0.0804. The summed E-state index contributed by atoms with van der Waals surface area (Å²) in [6.07, 6.45) is 6.72. The summed E-state index contributed by atoms with van der Waals surface area (Å²) >= 11 is 0. The fourth-order valence-electron chi connectivity index (χ4n) is 2.09. The minimum Gasteiger partial charge on any atom is -0.313 e. The van der Waals surface area contributed by atoms with Crippen LogP contribution >= 0.6 is 0 Å². The third-order valence-corrected chi connectivity index (χ3v) is 3.09. The molecule has 0 saturated heterocycles. The number of nitrogens with one attached hydrogen (secondary N) is 1. The summed E-state index contributed by atoms with van der Waals surface area (Å²) in [5.41, 5.74) is 2.63. The van der Waals surface area contributed by atoms with Gasteiger partial charge in [-0.05, 0) is 56.3 Å². The van der Waals surface area contributed by atoms with Crippen molar-refractivity contribution in [3.8, 4) is 0 Å². The van der Waals surface area contributed by atoms with Gasteiger partial charge < -0.3 is 5.32 Å². The molecule has 1 nitrogen and oxygen atoms in total. The third kappa shape index (κ3) is 5.01. The summed E-state index contributed by atoms with van der Waals surface area (Å²) in [4.78, 5) is 0. The second-order valence-electron chi connectivity index (χ2n) is 4.86. The molecular formula is C16H24FN. The molecule has 1 aromatic rings. The molecule has 1 rings (SSSR count). The average molecular weight is 249 g/mol. The van der Waals surface area contributed by atoms with Gasteiger partial charge >= 0.3 is 0 Å². The van der Waals surface area contributed by atoms with Crippen LogP contribution in [0.5, 0.6) is 0 Å². The maximum absolute atomic E-state index is 13.4. The van der Waals surface area contributed by atoms with E-state index in [1.165, 1.54) is 19.3 Å². The monoisotopic (exact) mass is 249 g/mol. The molecule has 0 amide bonds. The van der Waals surface area contributed by atoms with Gasteiger partial charge in [-0.1, -0.05) is 24.6 Å². The van der Waals surface area contributed by atoms with Crippen molar-refractivity contribution < 1.29 is 4.39 Å². The van der Waals surface area contributed by atoms with E-state index in [4.69, 9.17) is 0 Å². The molecular weight excluding hydrogens is 225 g/mol. The van der Waals surface area contributed by atoms with Gasteiger partial charge in [-0.25, -0.2) is 4.39 Å². The molecule has 0 atom stereocenters. The number of benzene rings is 1. The van der Waals surface area contributed by atoms with Gasteiger partial charge in [0.25, 0.3) is 0 Å². The fraction of sp³-hybridized carbons (Fsp3) is 0.500. The van der Waals surface area contributed by atoms with Crippen LogP contribution in [-0.2, 0) is 6.54 Å². The summed E-state index contributed by atoms with van der Waals surface area (Å²) in [5, 5.41) is 3.40. The number of halogens is 1. The van der Waals surface area contributed by atoms with Crippen molar-refractivity contribution in [2.24, 2.45) is 0 Å². The number of hydrogen-bond donors (Lipinski definition) is 1. The van der Waals surface area contributed by atoms with Crippen molar-refractivity contribution >= 4 is 0 Å². The maximum atomic E-state index is 13.4. The largest absolute Gasteiger partial charge is 0.313 e. The van der Waals surface area contributed by atoms with Crippen LogP contribution in [0.3, 0.4) is 0 Å². The molecule has 1 aromatic carbocycles. The van der Waals surface area contributed by atoms with Crippen molar-refractivity contribution in [1.29, 1.82) is 0 Å². The molecule has 0 saturated carbocycles. The van der Waals surface area contributed by atoms with Gasteiger partial charge in [0, 0.05) is 6.54 Å². The van der Waals surface area contributed by atoms with E-state index in [1.807, 2.05) is 32.1 Å². The van der Waals surface area contributed by atoms with E-state index in [0.717, 1.165) is 36.2 Å². The number of allylic oxidation sites excluding steroid dienone is 1. The Kier molecular flexibility index (Phi) is 6.66. The van der Waals surface area contributed by atoms with Gasteiger partial charge in [-0.3, -0.25) is 0 Å². The van der Waals surface area contributed by atoms with Crippen LogP contribution < -0.4 is 5.32 Å². The lowest BCUT2D eigenvalue weighted by Gasteiger charge is -2.08. The normalized spacial score (nSPS) is 10.6. The van der Waals surface area contributed by atoms with Gasteiger partial charge in [-0.15, -0.1) is 6.58 Å². The Labute approximate surface area is 110 Å². The van der Waals surface area contributed by atoms with E-state index >= 15 is 0 Å². The van der Waals surface area contributed by atoms with E-state index in [0.29, 0.717) is 0 Å². The molecule has 0 bridgehead atoms. The minimum atomic E-state index is -0.0804. The molecule has 0 aliphatic heterocycles. The lowest BCUT2D eigenvalue weighted by molar-refractivity contribution is 0.596. The van der Waals surface area contributed by atoms with E-state index in [1.54, 1.807) is 0 Å². The standard InChI is InChI=1S/C16H24FN/c1-4-5-6-7-8-9-18-12-15-10-13(2)16(17)14(3)11-15/h4,10-11,18H,1,5-9,12H2,2-3H3. The molecule has 100 valence electrons. The van der Waals surface area contributed by atoms with Crippen LogP contribution in [0.4, 0.5) is 4.39 Å². The van der Waals surface area contributed by atoms with Crippen LogP contribution in [0.15, 0.2) is 24.8 Å². The summed E-state index contributed by atoms with van der Waals surface area (Å²) < 4.78 is 13.4. The molecule has 0 spiro atoms. The van der Waals surface area contributed by atoms with E-state index in [-0.39, 0.29) is 5.82 Å². The van der Waals surface area contributed by atoms with Crippen molar-refractivity contribution in [2.75, 3.05) is 6.54 Å². The molecule has 0 aliphatic carbocycles. The van der Waals surface area contributed by atoms with E-state index in [9.17, 15) is 4.39 Å². The van der Waals surface area contributed by atoms with Gasteiger partial charge in [0.1, 0.15) is 5.82 Å². The van der Waals surface area contributed by atoms with Gasteiger partial charge in [0.15, 0.2) is 0 Å². The SMILES string of the molecule is C=CCCCCCNCc1cc(C)c(F)c(C)c1. The number of hydrogen-bond acceptors (Lipinski definition) is 1. The molecule has 0 heterocycles. The lowest BCUT2D eigenvalue weighted by atomic mass is 10.1. The van der Waals surface area contributed by atoms with Crippen molar-refractivity contribution in [2.45, 2.75) is 46.1 Å². The highest BCUT2D eigenvalue weighted by molar-refractivity contribution is 5.30. The Morgan fingerprint density at radius 2 is 1.83 bits per heavy atom. The Balaban J connectivity index is 2.25. The first-order chi connectivity index (χ1) is 8.65. The highest BCUT2D eigenvalue weighted by Gasteiger charge is 2.03. The van der Waals surface area contributed by atoms with Crippen LogP contribution in [0.1, 0.15) is 42.4 Å². The molecule has 0 fully saturated rings. The first-order valence-corrected chi connectivity index (χ1v) is 6.72. The lowest BCUT2D eigenvalue weighted by Crippen LogP contribution is -2.15. The Bertz CT molecular complexity index is 362. The number of rotatable bonds is 8. The molecule has 1 N–H and O–H groups in total. The van der Waals surface area contributed by atoms with Crippen molar-refractivity contribution in [3.05, 3.63) is 47.3 Å². The van der Waals surface area contributed by atoms with E-state index in [2.05, 4.69) is 11.9 Å². The van der Waals surface area contributed by atoms with Crippen LogP contribution in [0.25, 0.3) is 0 Å².